The molecular weight excluding hydrogens is 312 g/mol. The number of fused-ring (bicyclic) bond motifs is 4. The maximum absolute atomic E-state index is 6.71. The highest BCUT2D eigenvalue weighted by atomic mass is 16.5. The second kappa shape index (κ2) is 6.16. The van der Waals surface area contributed by atoms with Gasteiger partial charge in [0.05, 0.1) is 6.10 Å². The summed E-state index contributed by atoms with van der Waals surface area (Å²) in [5.41, 5.74) is 0.336. The molecular formula is C20H36N4O. The van der Waals surface area contributed by atoms with E-state index in [-0.39, 0.29) is 5.72 Å². The van der Waals surface area contributed by atoms with Crippen LogP contribution in [0.15, 0.2) is 0 Å². The molecule has 5 nitrogen and oxygen atoms in total. The maximum atomic E-state index is 6.71. The van der Waals surface area contributed by atoms with Crippen LogP contribution in [0.1, 0.15) is 58.8 Å². The van der Waals surface area contributed by atoms with Crippen LogP contribution in [-0.2, 0) is 4.74 Å². The van der Waals surface area contributed by atoms with E-state index in [1.807, 2.05) is 0 Å². The van der Waals surface area contributed by atoms with E-state index in [1.165, 1.54) is 58.0 Å². The summed E-state index contributed by atoms with van der Waals surface area (Å²) in [6.45, 7) is 10.7. The molecule has 0 amide bonds. The summed E-state index contributed by atoms with van der Waals surface area (Å²) in [5.74, 6) is 0. The molecule has 0 radical (unpaired) electrons. The quantitative estimate of drug-likeness (QED) is 0.792. The molecule has 142 valence electrons. The average molecular weight is 349 g/mol. The summed E-state index contributed by atoms with van der Waals surface area (Å²) >= 11 is 0. The molecule has 25 heavy (non-hydrogen) atoms. The van der Waals surface area contributed by atoms with E-state index in [0.29, 0.717) is 29.8 Å². The molecule has 5 heterocycles. The minimum absolute atomic E-state index is 0.000214. The predicted molar refractivity (Wildman–Crippen MR) is 99.7 cm³/mol. The number of nitrogens with one attached hydrogen (secondary N) is 2. The van der Waals surface area contributed by atoms with Crippen LogP contribution in [-0.4, -0.2) is 78.0 Å². The Bertz CT molecular complexity index is 504. The van der Waals surface area contributed by atoms with Gasteiger partial charge in [-0.1, -0.05) is 0 Å². The summed E-state index contributed by atoms with van der Waals surface area (Å²) in [6.07, 6.45) is 9.52. The molecule has 0 aliphatic carbocycles. The molecule has 0 saturated carbocycles. The van der Waals surface area contributed by atoms with Gasteiger partial charge in [-0.2, -0.15) is 0 Å². The third kappa shape index (κ3) is 2.96. The van der Waals surface area contributed by atoms with E-state index in [9.17, 15) is 0 Å². The Morgan fingerprint density at radius 1 is 0.920 bits per heavy atom. The number of morpholine rings is 1. The molecule has 5 rings (SSSR count). The van der Waals surface area contributed by atoms with Crippen LogP contribution >= 0.6 is 0 Å². The Hall–Kier alpha value is -0.200. The highest BCUT2D eigenvalue weighted by molar-refractivity contribution is 5.06. The molecule has 5 aliphatic rings. The second-order valence-electron chi connectivity index (χ2n) is 9.79. The van der Waals surface area contributed by atoms with E-state index >= 15 is 0 Å². The van der Waals surface area contributed by atoms with Crippen molar-refractivity contribution in [3.8, 4) is 0 Å². The summed E-state index contributed by atoms with van der Waals surface area (Å²) in [4.78, 5) is 5.57. The molecule has 0 aromatic carbocycles. The number of ether oxygens (including phenoxy) is 1. The van der Waals surface area contributed by atoms with Crippen LogP contribution in [0.2, 0.25) is 0 Å². The largest absolute Gasteiger partial charge is 0.354 e. The molecule has 6 unspecified atom stereocenters. The van der Waals surface area contributed by atoms with E-state index in [4.69, 9.17) is 4.74 Å². The van der Waals surface area contributed by atoms with Gasteiger partial charge in [0, 0.05) is 49.8 Å². The second-order valence-corrected chi connectivity index (χ2v) is 9.79. The molecule has 4 bridgehead atoms. The number of piperazine rings is 1. The zero-order valence-electron chi connectivity index (χ0n) is 16.1. The Kier molecular flexibility index (Phi) is 4.18. The Morgan fingerprint density at radius 3 is 2.52 bits per heavy atom. The van der Waals surface area contributed by atoms with E-state index < -0.39 is 0 Å². The van der Waals surface area contributed by atoms with Gasteiger partial charge in [0.2, 0.25) is 0 Å². The van der Waals surface area contributed by atoms with Gasteiger partial charge in [0.15, 0.2) is 0 Å². The van der Waals surface area contributed by atoms with Gasteiger partial charge in [0.1, 0.15) is 5.72 Å². The lowest BCUT2D eigenvalue weighted by Gasteiger charge is -2.53. The molecule has 6 atom stereocenters. The summed E-state index contributed by atoms with van der Waals surface area (Å²) in [5, 5.41) is 7.48. The third-order valence-corrected chi connectivity index (χ3v) is 7.93. The lowest BCUT2D eigenvalue weighted by atomic mass is 9.88. The average Bonchev–Trinajstić information content (AvgIpc) is 3.04. The van der Waals surface area contributed by atoms with Crippen molar-refractivity contribution < 1.29 is 4.74 Å². The SMILES string of the molecule is CC1CCC(C)(N2CC3CCC(N4CC5CCC(C4)N5)(C2)O3)CCN1. The first kappa shape index (κ1) is 16.9. The molecule has 5 heteroatoms. The summed E-state index contributed by atoms with van der Waals surface area (Å²) in [6, 6.07) is 2.06. The van der Waals surface area contributed by atoms with E-state index in [1.54, 1.807) is 0 Å². The summed E-state index contributed by atoms with van der Waals surface area (Å²) in [7, 11) is 0. The first-order valence-electron chi connectivity index (χ1n) is 10.7. The van der Waals surface area contributed by atoms with Crippen LogP contribution in [0.4, 0.5) is 0 Å². The summed E-state index contributed by atoms with van der Waals surface area (Å²) < 4.78 is 6.71. The fourth-order valence-electron chi connectivity index (χ4n) is 6.20. The third-order valence-electron chi connectivity index (χ3n) is 7.93. The fourth-order valence-corrected chi connectivity index (χ4v) is 6.20. The Balaban J connectivity index is 1.36. The van der Waals surface area contributed by atoms with Crippen LogP contribution in [0.3, 0.4) is 0 Å². The minimum atomic E-state index is 0.000214. The molecule has 0 aromatic heterocycles. The smallest absolute Gasteiger partial charge is 0.135 e. The zero-order valence-corrected chi connectivity index (χ0v) is 16.1. The van der Waals surface area contributed by atoms with Gasteiger partial charge in [-0.05, 0) is 65.3 Å². The van der Waals surface area contributed by atoms with Crippen LogP contribution in [0, 0.1) is 0 Å². The molecule has 5 fully saturated rings. The lowest BCUT2D eigenvalue weighted by Crippen LogP contribution is -2.68. The van der Waals surface area contributed by atoms with Gasteiger partial charge in [-0.15, -0.1) is 0 Å². The number of hydrogen-bond donors (Lipinski definition) is 2. The first-order chi connectivity index (χ1) is 12.0. The Labute approximate surface area is 152 Å². The number of rotatable bonds is 2. The van der Waals surface area contributed by atoms with Crippen molar-refractivity contribution in [3.63, 3.8) is 0 Å². The van der Waals surface area contributed by atoms with Crippen molar-refractivity contribution >= 4 is 0 Å². The highest BCUT2D eigenvalue weighted by Gasteiger charge is 2.54. The van der Waals surface area contributed by atoms with Gasteiger partial charge >= 0.3 is 0 Å². The van der Waals surface area contributed by atoms with Gasteiger partial charge in [0.25, 0.3) is 0 Å². The van der Waals surface area contributed by atoms with E-state index in [0.717, 1.165) is 19.6 Å². The van der Waals surface area contributed by atoms with Gasteiger partial charge < -0.3 is 15.4 Å². The topological polar surface area (TPSA) is 39.8 Å². The minimum Gasteiger partial charge on any atom is -0.354 e. The fraction of sp³-hybridized carbons (Fsp3) is 1.00. The van der Waals surface area contributed by atoms with Crippen molar-refractivity contribution in [1.29, 1.82) is 0 Å². The van der Waals surface area contributed by atoms with Gasteiger partial charge in [-0.3, -0.25) is 9.80 Å². The van der Waals surface area contributed by atoms with Crippen LogP contribution in [0.5, 0.6) is 0 Å². The monoisotopic (exact) mass is 348 g/mol. The lowest BCUT2D eigenvalue weighted by molar-refractivity contribution is -0.212. The molecule has 0 aromatic rings. The number of hydrogen-bond acceptors (Lipinski definition) is 5. The standard InChI is InChI=1S/C20H36N4O/c1-15-5-7-19(2,9-10-21-15)24-13-18-6-8-20(14-24,25-18)23-11-16-3-4-17(12-23)22-16/h15-18,21-22H,3-14H2,1-2H3. The molecule has 5 aliphatic heterocycles. The molecule has 5 saturated heterocycles. The molecule has 2 N–H and O–H groups in total. The number of nitrogens with zero attached hydrogens (tertiary/aromatic N) is 2. The van der Waals surface area contributed by atoms with Crippen LogP contribution in [0.25, 0.3) is 0 Å². The highest BCUT2D eigenvalue weighted by Crippen LogP contribution is 2.44. The van der Waals surface area contributed by atoms with Crippen molar-refractivity contribution in [1.82, 2.24) is 20.4 Å². The van der Waals surface area contributed by atoms with Gasteiger partial charge in [-0.25, -0.2) is 0 Å². The van der Waals surface area contributed by atoms with Crippen molar-refractivity contribution in [2.75, 3.05) is 32.7 Å². The normalized spacial score (nSPS) is 51.6. The number of likely N-dealkylation sites (tertiary alicyclic amines) is 2. The Morgan fingerprint density at radius 2 is 1.72 bits per heavy atom. The molecule has 0 spiro atoms. The van der Waals surface area contributed by atoms with E-state index in [2.05, 4.69) is 34.3 Å². The predicted octanol–water partition coefficient (Wildman–Crippen LogP) is 1.53. The van der Waals surface area contributed by atoms with Crippen molar-refractivity contribution in [3.05, 3.63) is 0 Å². The van der Waals surface area contributed by atoms with Crippen molar-refractivity contribution in [2.24, 2.45) is 0 Å². The van der Waals surface area contributed by atoms with Crippen LogP contribution < -0.4 is 10.6 Å². The zero-order chi connectivity index (χ0) is 17.1. The first-order valence-corrected chi connectivity index (χ1v) is 10.7. The maximum Gasteiger partial charge on any atom is 0.135 e. The van der Waals surface area contributed by atoms with Crippen molar-refractivity contribution in [2.45, 2.75) is 94.3 Å².